The highest BCUT2D eigenvalue weighted by Crippen LogP contribution is 1.91. The minimum atomic E-state index is 0.535. The molecule has 0 aliphatic carbocycles. The lowest BCUT2D eigenvalue weighted by atomic mass is 10.2. The van der Waals surface area contributed by atoms with Gasteiger partial charge in [-0.2, -0.15) is 0 Å². The minimum Gasteiger partial charge on any atom is -0.307 e. The van der Waals surface area contributed by atoms with E-state index in [1.54, 1.807) is 6.20 Å². The van der Waals surface area contributed by atoms with E-state index in [2.05, 4.69) is 18.8 Å². The monoisotopic (exact) mass is 124 g/mol. The highest BCUT2D eigenvalue weighted by atomic mass is 14.7. The van der Waals surface area contributed by atoms with Gasteiger partial charge in [0.25, 0.3) is 0 Å². The minimum absolute atomic E-state index is 0.535. The van der Waals surface area contributed by atoms with Gasteiger partial charge >= 0.3 is 0 Å². The van der Waals surface area contributed by atoms with Crippen molar-refractivity contribution < 1.29 is 0 Å². The SMILES string of the molecule is CC(C)/C=C\N=CC=N. The van der Waals surface area contributed by atoms with Crippen molar-refractivity contribution in [3.8, 4) is 0 Å². The van der Waals surface area contributed by atoms with E-state index < -0.39 is 0 Å². The van der Waals surface area contributed by atoms with Gasteiger partial charge in [0.05, 0.1) is 0 Å². The molecule has 0 aliphatic rings. The van der Waals surface area contributed by atoms with Gasteiger partial charge in [-0.1, -0.05) is 19.9 Å². The molecule has 0 fully saturated rings. The second-order valence-electron chi connectivity index (χ2n) is 2.05. The van der Waals surface area contributed by atoms with Crippen molar-refractivity contribution in [1.29, 1.82) is 5.41 Å². The molecule has 50 valence electrons. The number of hydrogen-bond donors (Lipinski definition) is 1. The van der Waals surface area contributed by atoms with Crippen molar-refractivity contribution in [2.24, 2.45) is 10.9 Å². The predicted molar refractivity (Wildman–Crippen MR) is 41.3 cm³/mol. The van der Waals surface area contributed by atoms with Crippen molar-refractivity contribution in [3.05, 3.63) is 12.3 Å². The zero-order chi connectivity index (χ0) is 7.11. The topological polar surface area (TPSA) is 36.2 Å². The van der Waals surface area contributed by atoms with Crippen LogP contribution in [0.4, 0.5) is 0 Å². The van der Waals surface area contributed by atoms with Crippen LogP contribution < -0.4 is 0 Å². The van der Waals surface area contributed by atoms with Gasteiger partial charge in [0.15, 0.2) is 0 Å². The Kier molecular flexibility index (Phi) is 4.69. The molecule has 0 radical (unpaired) electrons. The average Bonchev–Trinajstić information content (AvgIpc) is 1.80. The zero-order valence-electron chi connectivity index (χ0n) is 5.83. The van der Waals surface area contributed by atoms with Gasteiger partial charge in [-0.15, -0.1) is 0 Å². The lowest BCUT2D eigenvalue weighted by Crippen LogP contribution is -1.75. The molecule has 0 aromatic carbocycles. The van der Waals surface area contributed by atoms with E-state index in [0.29, 0.717) is 5.92 Å². The first-order valence-corrected chi connectivity index (χ1v) is 2.96. The standard InChI is InChI=1S/C7H12N2/c1-7(2)3-5-9-6-4-8/h3-8H,1-2H3/b5-3-,8-4?,9-6?. The van der Waals surface area contributed by atoms with Crippen LogP contribution in [0.25, 0.3) is 0 Å². The highest BCUT2D eigenvalue weighted by Gasteiger charge is 1.78. The summed E-state index contributed by atoms with van der Waals surface area (Å²) in [5, 5.41) is 6.58. The van der Waals surface area contributed by atoms with Gasteiger partial charge in [-0.05, 0) is 5.92 Å². The van der Waals surface area contributed by atoms with Crippen LogP contribution >= 0.6 is 0 Å². The number of nitrogens with zero attached hydrogens (tertiary/aromatic N) is 1. The number of hydrogen-bond acceptors (Lipinski definition) is 2. The fourth-order valence-electron chi connectivity index (χ4n) is 0.315. The fourth-order valence-corrected chi connectivity index (χ4v) is 0.315. The average molecular weight is 124 g/mol. The first kappa shape index (κ1) is 8.08. The Balaban J connectivity index is 3.46. The molecule has 0 saturated heterocycles. The van der Waals surface area contributed by atoms with Crippen LogP contribution in [0.3, 0.4) is 0 Å². The molecule has 0 bridgehead atoms. The van der Waals surface area contributed by atoms with Gasteiger partial charge in [-0.3, -0.25) is 4.99 Å². The van der Waals surface area contributed by atoms with Crippen LogP contribution in [0.2, 0.25) is 0 Å². The van der Waals surface area contributed by atoms with E-state index >= 15 is 0 Å². The molecule has 9 heavy (non-hydrogen) atoms. The number of nitrogens with one attached hydrogen (secondary N) is 1. The molecule has 0 rings (SSSR count). The van der Waals surface area contributed by atoms with Gasteiger partial charge in [0.2, 0.25) is 0 Å². The third kappa shape index (κ3) is 7.08. The van der Waals surface area contributed by atoms with Gasteiger partial charge in [-0.25, -0.2) is 0 Å². The normalized spacial score (nSPS) is 11.9. The van der Waals surface area contributed by atoms with Crippen LogP contribution in [0.1, 0.15) is 13.8 Å². The molecule has 1 N–H and O–H groups in total. The maximum Gasteiger partial charge on any atom is 0.0443 e. The summed E-state index contributed by atoms with van der Waals surface area (Å²) >= 11 is 0. The molecule has 0 aromatic rings. The summed E-state index contributed by atoms with van der Waals surface area (Å²) in [6.45, 7) is 4.16. The third-order valence-electron chi connectivity index (χ3n) is 0.718. The van der Waals surface area contributed by atoms with Gasteiger partial charge < -0.3 is 5.41 Å². The molecule has 2 heteroatoms. The lowest BCUT2D eigenvalue weighted by molar-refractivity contribution is 0.829. The molecule has 2 nitrogen and oxygen atoms in total. The Morgan fingerprint density at radius 2 is 2.11 bits per heavy atom. The Bertz CT molecular complexity index is 123. The lowest BCUT2D eigenvalue weighted by Gasteiger charge is -1.87. The van der Waals surface area contributed by atoms with Gasteiger partial charge in [0, 0.05) is 18.6 Å². The van der Waals surface area contributed by atoms with Crippen LogP contribution in [-0.2, 0) is 0 Å². The van der Waals surface area contributed by atoms with E-state index in [-0.39, 0.29) is 0 Å². The molecule has 0 amide bonds. The molecule has 0 unspecified atom stereocenters. The largest absolute Gasteiger partial charge is 0.307 e. The first-order valence-electron chi connectivity index (χ1n) is 2.96. The van der Waals surface area contributed by atoms with E-state index in [4.69, 9.17) is 5.41 Å². The molecular formula is C7H12N2. The summed E-state index contributed by atoms with van der Waals surface area (Å²) in [5.41, 5.74) is 0. The summed E-state index contributed by atoms with van der Waals surface area (Å²) in [7, 11) is 0. The van der Waals surface area contributed by atoms with E-state index in [9.17, 15) is 0 Å². The maximum atomic E-state index is 6.58. The molecule has 0 saturated carbocycles. The van der Waals surface area contributed by atoms with Crippen molar-refractivity contribution >= 4 is 12.4 Å². The Morgan fingerprint density at radius 1 is 1.44 bits per heavy atom. The number of allylic oxidation sites excluding steroid dienone is 1. The van der Waals surface area contributed by atoms with Crippen LogP contribution in [0, 0.1) is 11.3 Å². The summed E-state index contributed by atoms with van der Waals surface area (Å²) in [5.74, 6) is 0.535. The van der Waals surface area contributed by atoms with Crippen molar-refractivity contribution in [2.75, 3.05) is 0 Å². The summed E-state index contributed by atoms with van der Waals surface area (Å²) < 4.78 is 0. The quantitative estimate of drug-likeness (QED) is 0.558. The van der Waals surface area contributed by atoms with Crippen molar-refractivity contribution in [3.63, 3.8) is 0 Å². The molecule has 0 aliphatic heterocycles. The van der Waals surface area contributed by atoms with Crippen molar-refractivity contribution in [2.45, 2.75) is 13.8 Å². The molecule has 0 spiro atoms. The van der Waals surface area contributed by atoms with Crippen LogP contribution in [0.5, 0.6) is 0 Å². The molecule has 0 atom stereocenters. The second kappa shape index (κ2) is 5.22. The maximum absolute atomic E-state index is 6.58. The van der Waals surface area contributed by atoms with Crippen LogP contribution in [0.15, 0.2) is 17.3 Å². The smallest absolute Gasteiger partial charge is 0.0443 e. The third-order valence-corrected chi connectivity index (χ3v) is 0.718. The van der Waals surface area contributed by atoms with E-state index in [0.717, 1.165) is 6.21 Å². The van der Waals surface area contributed by atoms with Crippen molar-refractivity contribution in [1.82, 2.24) is 0 Å². The van der Waals surface area contributed by atoms with E-state index in [1.165, 1.54) is 6.21 Å². The predicted octanol–water partition coefficient (Wildman–Crippen LogP) is 1.88. The van der Waals surface area contributed by atoms with E-state index in [1.807, 2.05) is 6.08 Å². The summed E-state index contributed by atoms with van der Waals surface area (Å²) in [6, 6.07) is 0. The summed E-state index contributed by atoms with van der Waals surface area (Å²) in [6.07, 6.45) is 6.28. The Hall–Kier alpha value is -0.920. The molecular weight excluding hydrogens is 112 g/mol. The fraction of sp³-hybridized carbons (Fsp3) is 0.429. The second-order valence-corrected chi connectivity index (χ2v) is 2.05. The summed E-state index contributed by atoms with van der Waals surface area (Å²) in [4.78, 5) is 3.78. The molecule has 0 heterocycles. The number of aliphatic imine (C=N–C) groups is 1. The van der Waals surface area contributed by atoms with Crippen LogP contribution in [-0.4, -0.2) is 12.4 Å². The Labute approximate surface area is 55.8 Å². The zero-order valence-corrected chi connectivity index (χ0v) is 5.83. The first-order chi connectivity index (χ1) is 4.27. The highest BCUT2D eigenvalue weighted by molar-refractivity contribution is 6.14. The number of rotatable bonds is 3. The Morgan fingerprint density at radius 3 is 2.56 bits per heavy atom. The molecule has 0 aromatic heterocycles. The van der Waals surface area contributed by atoms with Gasteiger partial charge in [0.1, 0.15) is 0 Å².